The molecule has 3 nitrogen and oxygen atoms in total. The third-order valence-electron chi connectivity index (χ3n) is 3.11. The van der Waals surface area contributed by atoms with Gasteiger partial charge in [-0.25, -0.2) is 0 Å². The fraction of sp³-hybridized carbons (Fsp3) is 1.00. The molecule has 2 saturated heterocycles. The summed E-state index contributed by atoms with van der Waals surface area (Å²) in [5, 5.41) is 6.88. The third kappa shape index (κ3) is 2.93. The molecule has 0 radical (unpaired) electrons. The van der Waals surface area contributed by atoms with E-state index in [9.17, 15) is 0 Å². The van der Waals surface area contributed by atoms with E-state index < -0.39 is 0 Å². The zero-order valence-electron chi connectivity index (χ0n) is 8.39. The average molecular weight is 183 g/mol. The predicted octanol–water partition coefficient (Wildman–Crippen LogP) is -0.109. The molecule has 76 valence electrons. The Balaban J connectivity index is 1.71. The van der Waals surface area contributed by atoms with Gasteiger partial charge in [0.05, 0.1) is 0 Å². The molecule has 13 heavy (non-hydrogen) atoms. The first-order chi connectivity index (χ1) is 6.45. The van der Waals surface area contributed by atoms with E-state index in [1.54, 1.807) is 0 Å². The van der Waals surface area contributed by atoms with E-state index >= 15 is 0 Å². The maximum Gasteiger partial charge on any atom is 0.0107 e. The van der Waals surface area contributed by atoms with Gasteiger partial charge in [-0.3, -0.25) is 0 Å². The second-order valence-electron chi connectivity index (χ2n) is 4.26. The van der Waals surface area contributed by atoms with Crippen molar-refractivity contribution in [3.8, 4) is 0 Å². The zero-order valence-corrected chi connectivity index (χ0v) is 8.39. The molecule has 0 aromatic heterocycles. The highest BCUT2D eigenvalue weighted by molar-refractivity contribution is 4.76. The van der Waals surface area contributed by atoms with Gasteiger partial charge in [0.1, 0.15) is 0 Å². The molecule has 2 aliphatic rings. The summed E-state index contributed by atoms with van der Waals surface area (Å²) in [4.78, 5) is 2.62. The molecule has 0 aromatic carbocycles. The fourth-order valence-electron chi connectivity index (χ4n) is 2.32. The number of nitrogens with zero attached hydrogens (tertiary/aromatic N) is 1. The van der Waals surface area contributed by atoms with E-state index in [1.807, 2.05) is 0 Å². The molecule has 2 rings (SSSR count). The minimum atomic E-state index is 0.915. The van der Waals surface area contributed by atoms with Gasteiger partial charge in [0.25, 0.3) is 0 Å². The molecule has 1 unspecified atom stereocenters. The first kappa shape index (κ1) is 9.44. The van der Waals surface area contributed by atoms with Gasteiger partial charge in [-0.1, -0.05) is 0 Å². The van der Waals surface area contributed by atoms with E-state index in [2.05, 4.69) is 15.5 Å². The van der Waals surface area contributed by atoms with Crippen molar-refractivity contribution in [2.75, 3.05) is 45.8 Å². The summed E-state index contributed by atoms with van der Waals surface area (Å²) in [5.74, 6) is 0.915. The van der Waals surface area contributed by atoms with Gasteiger partial charge in [-0.15, -0.1) is 0 Å². The summed E-state index contributed by atoms with van der Waals surface area (Å²) in [6.45, 7) is 8.72. The Kier molecular flexibility index (Phi) is 3.58. The Morgan fingerprint density at radius 3 is 2.92 bits per heavy atom. The van der Waals surface area contributed by atoms with Crippen LogP contribution in [0.5, 0.6) is 0 Å². The molecule has 1 atom stereocenters. The fourth-order valence-corrected chi connectivity index (χ4v) is 2.32. The lowest BCUT2D eigenvalue weighted by Crippen LogP contribution is -2.33. The lowest BCUT2D eigenvalue weighted by Gasteiger charge is -2.22. The molecule has 2 aliphatic heterocycles. The molecular weight excluding hydrogens is 162 g/mol. The van der Waals surface area contributed by atoms with Gasteiger partial charge >= 0.3 is 0 Å². The van der Waals surface area contributed by atoms with Gasteiger partial charge in [0.15, 0.2) is 0 Å². The van der Waals surface area contributed by atoms with E-state index in [4.69, 9.17) is 0 Å². The van der Waals surface area contributed by atoms with Crippen molar-refractivity contribution in [3.63, 3.8) is 0 Å². The highest BCUT2D eigenvalue weighted by Gasteiger charge is 2.18. The van der Waals surface area contributed by atoms with Crippen LogP contribution < -0.4 is 10.6 Å². The first-order valence-electron chi connectivity index (χ1n) is 5.59. The number of hydrogen-bond donors (Lipinski definition) is 2. The smallest absolute Gasteiger partial charge is 0.0107 e. The Morgan fingerprint density at radius 2 is 2.08 bits per heavy atom. The first-order valence-corrected chi connectivity index (χ1v) is 5.59. The minimum Gasteiger partial charge on any atom is -0.316 e. The van der Waals surface area contributed by atoms with E-state index in [0.717, 1.165) is 5.92 Å². The van der Waals surface area contributed by atoms with E-state index in [-0.39, 0.29) is 0 Å². The molecule has 2 heterocycles. The largest absolute Gasteiger partial charge is 0.316 e. The monoisotopic (exact) mass is 183 g/mol. The second kappa shape index (κ2) is 4.94. The number of nitrogens with one attached hydrogen (secondary N) is 2. The van der Waals surface area contributed by atoms with Crippen molar-refractivity contribution in [1.29, 1.82) is 0 Å². The van der Waals surface area contributed by atoms with Crippen LogP contribution in [-0.4, -0.2) is 50.7 Å². The van der Waals surface area contributed by atoms with Crippen LogP contribution in [0, 0.1) is 5.92 Å². The van der Waals surface area contributed by atoms with Crippen molar-refractivity contribution in [2.24, 2.45) is 5.92 Å². The van der Waals surface area contributed by atoms with Gasteiger partial charge < -0.3 is 15.5 Å². The zero-order chi connectivity index (χ0) is 8.93. The maximum atomic E-state index is 3.44. The van der Waals surface area contributed by atoms with Gasteiger partial charge in [-0.05, 0) is 44.9 Å². The molecule has 0 bridgehead atoms. The molecule has 3 heteroatoms. The molecule has 0 aromatic rings. The Bertz CT molecular complexity index is 135. The van der Waals surface area contributed by atoms with Crippen LogP contribution >= 0.6 is 0 Å². The summed E-state index contributed by atoms with van der Waals surface area (Å²) < 4.78 is 0. The van der Waals surface area contributed by atoms with Gasteiger partial charge in [0.2, 0.25) is 0 Å². The van der Waals surface area contributed by atoms with Crippen LogP contribution in [0.3, 0.4) is 0 Å². The summed E-state index contributed by atoms with van der Waals surface area (Å²) in [6, 6.07) is 0. The van der Waals surface area contributed by atoms with Crippen LogP contribution in [0.15, 0.2) is 0 Å². The Labute approximate surface area is 80.9 Å². The lowest BCUT2D eigenvalue weighted by molar-refractivity contribution is 0.252. The van der Waals surface area contributed by atoms with Crippen molar-refractivity contribution in [2.45, 2.75) is 12.8 Å². The summed E-state index contributed by atoms with van der Waals surface area (Å²) in [6.07, 6.45) is 2.70. The van der Waals surface area contributed by atoms with Crippen molar-refractivity contribution >= 4 is 0 Å². The summed E-state index contributed by atoms with van der Waals surface area (Å²) in [7, 11) is 0. The normalized spacial score (nSPS) is 31.8. The van der Waals surface area contributed by atoms with Crippen LogP contribution in [0.4, 0.5) is 0 Å². The highest BCUT2D eigenvalue weighted by Crippen LogP contribution is 2.10. The van der Waals surface area contributed by atoms with E-state index in [0.29, 0.717) is 0 Å². The van der Waals surface area contributed by atoms with Crippen LogP contribution in [0.1, 0.15) is 12.8 Å². The van der Waals surface area contributed by atoms with Gasteiger partial charge in [-0.2, -0.15) is 0 Å². The van der Waals surface area contributed by atoms with Crippen LogP contribution in [-0.2, 0) is 0 Å². The average Bonchev–Trinajstić information content (AvgIpc) is 2.49. The summed E-state index contributed by atoms with van der Waals surface area (Å²) >= 11 is 0. The lowest BCUT2D eigenvalue weighted by atomic mass is 10.1. The number of hydrogen-bond acceptors (Lipinski definition) is 3. The minimum absolute atomic E-state index is 0.915. The van der Waals surface area contributed by atoms with Gasteiger partial charge in [0, 0.05) is 19.6 Å². The molecule has 2 N–H and O–H groups in total. The summed E-state index contributed by atoms with van der Waals surface area (Å²) in [5.41, 5.74) is 0. The van der Waals surface area contributed by atoms with Crippen LogP contribution in [0.2, 0.25) is 0 Å². The Hall–Kier alpha value is -0.120. The quantitative estimate of drug-likeness (QED) is 0.625. The highest BCUT2D eigenvalue weighted by atomic mass is 15.2. The van der Waals surface area contributed by atoms with Crippen LogP contribution in [0.25, 0.3) is 0 Å². The molecule has 0 amide bonds. The molecule has 0 spiro atoms. The molecular formula is C10H21N3. The SMILES string of the molecule is C1CNCCN(CC2CCNC2)C1. The van der Waals surface area contributed by atoms with Crippen molar-refractivity contribution in [3.05, 3.63) is 0 Å². The molecule has 2 fully saturated rings. The second-order valence-corrected chi connectivity index (χ2v) is 4.26. The molecule has 0 aliphatic carbocycles. The molecule has 0 saturated carbocycles. The third-order valence-corrected chi connectivity index (χ3v) is 3.11. The maximum absolute atomic E-state index is 3.44. The van der Waals surface area contributed by atoms with Crippen molar-refractivity contribution < 1.29 is 0 Å². The Morgan fingerprint density at radius 1 is 1.08 bits per heavy atom. The van der Waals surface area contributed by atoms with E-state index in [1.165, 1.54) is 58.7 Å². The van der Waals surface area contributed by atoms with Crippen molar-refractivity contribution in [1.82, 2.24) is 15.5 Å². The predicted molar refractivity (Wildman–Crippen MR) is 54.9 cm³/mol. The standard InChI is InChI=1S/C10H21N3/c1-3-11-5-7-13(6-1)9-10-2-4-12-8-10/h10-12H,1-9H2. The topological polar surface area (TPSA) is 27.3 Å². The number of rotatable bonds is 2.